The molecular weight excluding hydrogens is 380 g/mol. The van der Waals surface area contributed by atoms with Gasteiger partial charge in [-0.25, -0.2) is 0 Å². The first-order valence-electron chi connectivity index (χ1n) is 9.27. The van der Waals surface area contributed by atoms with Gasteiger partial charge in [0, 0.05) is 27.8 Å². The minimum absolute atomic E-state index is 0.0814. The highest BCUT2D eigenvalue weighted by Crippen LogP contribution is 2.33. The van der Waals surface area contributed by atoms with Crippen LogP contribution in [0.5, 0.6) is 0 Å². The summed E-state index contributed by atoms with van der Waals surface area (Å²) in [5, 5.41) is 3.54. The maximum atomic E-state index is 12.9. The number of primary amides is 1. The first kappa shape index (κ1) is 19.1. The Kier molecular flexibility index (Phi) is 4.90. The molecule has 3 N–H and O–H groups in total. The van der Waals surface area contributed by atoms with E-state index in [4.69, 9.17) is 10.2 Å². The summed E-state index contributed by atoms with van der Waals surface area (Å²) in [5.41, 5.74) is 9.10. The molecule has 4 aromatic rings. The molecule has 4 rings (SSSR count). The van der Waals surface area contributed by atoms with Gasteiger partial charge in [0.25, 0.3) is 5.91 Å². The molecule has 2 amide bonds. The van der Waals surface area contributed by atoms with Crippen LogP contribution in [0.25, 0.3) is 22.1 Å². The summed E-state index contributed by atoms with van der Waals surface area (Å²) in [5.74, 6) is -0.951. The smallest absolute Gasteiger partial charge is 0.259 e. The van der Waals surface area contributed by atoms with E-state index in [1.54, 1.807) is 60.9 Å². The number of carbonyl (C=O) groups is 3. The van der Waals surface area contributed by atoms with Crippen molar-refractivity contribution in [2.45, 2.75) is 6.92 Å². The largest absolute Gasteiger partial charge is 0.463 e. The molecule has 1 aromatic heterocycles. The SMILES string of the molecule is CC(=O)c1cccc(NC(=O)c2cccc3c(-c4cccc(C(N)=O)c4)coc23)c1. The Bertz CT molecular complexity index is 1300. The van der Waals surface area contributed by atoms with Gasteiger partial charge in [-0.3, -0.25) is 14.4 Å². The molecule has 1 heterocycles. The molecule has 0 spiro atoms. The van der Waals surface area contributed by atoms with Crippen LogP contribution in [0.3, 0.4) is 0 Å². The average Bonchev–Trinajstić information content (AvgIpc) is 3.18. The van der Waals surface area contributed by atoms with Gasteiger partial charge in [0.2, 0.25) is 5.91 Å². The van der Waals surface area contributed by atoms with Gasteiger partial charge < -0.3 is 15.5 Å². The van der Waals surface area contributed by atoms with Crippen LogP contribution in [0, 0.1) is 0 Å². The number of furan rings is 1. The molecule has 0 unspecified atom stereocenters. The van der Waals surface area contributed by atoms with Crippen LogP contribution in [-0.2, 0) is 0 Å². The number of nitrogens with two attached hydrogens (primary N) is 1. The topological polar surface area (TPSA) is 102 Å². The number of hydrogen-bond acceptors (Lipinski definition) is 4. The van der Waals surface area contributed by atoms with E-state index in [2.05, 4.69) is 5.32 Å². The van der Waals surface area contributed by atoms with Crippen LogP contribution in [0.4, 0.5) is 5.69 Å². The number of nitrogens with one attached hydrogen (secondary N) is 1. The summed E-state index contributed by atoms with van der Waals surface area (Å²) in [6, 6.07) is 18.9. The lowest BCUT2D eigenvalue weighted by Crippen LogP contribution is -2.12. The van der Waals surface area contributed by atoms with Gasteiger partial charge in [0.1, 0.15) is 5.58 Å². The highest BCUT2D eigenvalue weighted by atomic mass is 16.3. The number of rotatable bonds is 5. The monoisotopic (exact) mass is 398 g/mol. The molecule has 0 atom stereocenters. The van der Waals surface area contributed by atoms with E-state index < -0.39 is 5.91 Å². The molecule has 0 fully saturated rings. The standard InChI is InChI=1S/C24H18N2O4/c1-14(27)15-5-3-8-18(12-15)26-24(29)20-10-4-9-19-21(13-30-22(19)20)16-6-2-7-17(11-16)23(25)28/h2-13H,1H3,(H2,25,28)(H,26,29). The Morgan fingerprint density at radius 3 is 2.40 bits per heavy atom. The number of fused-ring (bicyclic) bond motifs is 1. The summed E-state index contributed by atoms with van der Waals surface area (Å²) in [6.07, 6.45) is 1.55. The zero-order valence-electron chi connectivity index (χ0n) is 16.1. The van der Waals surface area contributed by atoms with Crippen molar-refractivity contribution in [2.24, 2.45) is 5.73 Å². The van der Waals surface area contributed by atoms with E-state index in [0.29, 0.717) is 28.0 Å². The predicted molar refractivity (Wildman–Crippen MR) is 115 cm³/mol. The molecule has 3 aromatic carbocycles. The van der Waals surface area contributed by atoms with Crippen molar-refractivity contribution in [3.05, 3.63) is 89.7 Å². The van der Waals surface area contributed by atoms with Gasteiger partial charge in [-0.15, -0.1) is 0 Å². The normalized spacial score (nSPS) is 10.7. The number of hydrogen-bond donors (Lipinski definition) is 2. The van der Waals surface area contributed by atoms with Crippen molar-refractivity contribution < 1.29 is 18.8 Å². The van der Waals surface area contributed by atoms with Crippen molar-refractivity contribution in [1.29, 1.82) is 0 Å². The van der Waals surface area contributed by atoms with Crippen LogP contribution in [0.1, 0.15) is 38.0 Å². The minimum atomic E-state index is -0.516. The second-order valence-corrected chi connectivity index (χ2v) is 6.87. The Morgan fingerprint density at radius 2 is 1.63 bits per heavy atom. The van der Waals surface area contributed by atoms with Crippen molar-refractivity contribution in [3.63, 3.8) is 0 Å². The Balaban J connectivity index is 1.71. The molecule has 0 saturated carbocycles. The highest BCUT2D eigenvalue weighted by Gasteiger charge is 2.17. The first-order chi connectivity index (χ1) is 14.4. The minimum Gasteiger partial charge on any atom is -0.463 e. The molecule has 0 aliphatic rings. The second kappa shape index (κ2) is 7.67. The maximum absolute atomic E-state index is 12.9. The molecular formula is C24H18N2O4. The number of Topliss-reactive ketones (excluding diaryl/α,β-unsaturated/α-hetero) is 1. The molecule has 6 heteroatoms. The fourth-order valence-corrected chi connectivity index (χ4v) is 3.31. The number of amides is 2. The number of carbonyl (C=O) groups excluding carboxylic acids is 3. The van der Waals surface area contributed by atoms with Crippen molar-refractivity contribution in [2.75, 3.05) is 5.32 Å². The van der Waals surface area contributed by atoms with E-state index in [-0.39, 0.29) is 11.7 Å². The summed E-state index contributed by atoms with van der Waals surface area (Å²) in [4.78, 5) is 36.0. The highest BCUT2D eigenvalue weighted by molar-refractivity contribution is 6.13. The molecule has 6 nitrogen and oxygen atoms in total. The Hall–Kier alpha value is -4.19. The molecule has 0 saturated heterocycles. The van der Waals surface area contributed by atoms with Gasteiger partial charge >= 0.3 is 0 Å². The van der Waals surface area contributed by atoms with E-state index in [1.165, 1.54) is 6.92 Å². The summed E-state index contributed by atoms with van der Waals surface area (Å²) in [7, 11) is 0. The average molecular weight is 398 g/mol. The maximum Gasteiger partial charge on any atom is 0.259 e. The van der Waals surface area contributed by atoms with E-state index in [9.17, 15) is 14.4 Å². The summed E-state index contributed by atoms with van der Waals surface area (Å²) < 4.78 is 5.72. The molecule has 0 bridgehead atoms. The Labute approximate surface area is 172 Å². The number of ketones is 1. The molecule has 0 radical (unpaired) electrons. The van der Waals surface area contributed by atoms with Gasteiger partial charge in [-0.2, -0.15) is 0 Å². The van der Waals surface area contributed by atoms with E-state index >= 15 is 0 Å². The van der Waals surface area contributed by atoms with Gasteiger partial charge in [0.15, 0.2) is 5.78 Å². The third kappa shape index (κ3) is 3.58. The number of anilines is 1. The van der Waals surface area contributed by atoms with Crippen molar-refractivity contribution in [1.82, 2.24) is 0 Å². The van der Waals surface area contributed by atoms with E-state index in [0.717, 1.165) is 16.5 Å². The summed E-state index contributed by atoms with van der Waals surface area (Å²) >= 11 is 0. The van der Waals surface area contributed by atoms with E-state index in [1.807, 2.05) is 12.1 Å². The molecule has 0 aliphatic carbocycles. The zero-order chi connectivity index (χ0) is 21.3. The molecule has 148 valence electrons. The van der Waals surface area contributed by atoms with Gasteiger partial charge in [0.05, 0.1) is 11.8 Å². The van der Waals surface area contributed by atoms with Crippen LogP contribution >= 0.6 is 0 Å². The van der Waals surface area contributed by atoms with Crippen LogP contribution < -0.4 is 11.1 Å². The lowest BCUT2D eigenvalue weighted by Gasteiger charge is -2.07. The number of benzene rings is 3. The second-order valence-electron chi connectivity index (χ2n) is 6.87. The first-order valence-corrected chi connectivity index (χ1v) is 9.27. The third-order valence-electron chi connectivity index (χ3n) is 4.83. The molecule has 30 heavy (non-hydrogen) atoms. The lowest BCUT2D eigenvalue weighted by molar-refractivity contribution is 0.0996. The van der Waals surface area contributed by atoms with Crippen LogP contribution in [-0.4, -0.2) is 17.6 Å². The Morgan fingerprint density at radius 1 is 0.900 bits per heavy atom. The van der Waals surface area contributed by atoms with Crippen LogP contribution in [0.2, 0.25) is 0 Å². The zero-order valence-corrected chi connectivity index (χ0v) is 16.1. The fourth-order valence-electron chi connectivity index (χ4n) is 3.31. The predicted octanol–water partition coefficient (Wildman–Crippen LogP) is 4.65. The van der Waals surface area contributed by atoms with Gasteiger partial charge in [-0.05, 0) is 42.8 Å². The van der Waals surface area contributed by atoms with Crippen molar-refractivity contribution >= 4 is 34.3 Å². The third-order valence-corrected chi connectivity index (χ3v) is 4.83. The number of para-hydroxylation sites is 1. The summed E-state index contributed by atoms with van der Waals surface area (Å²) in [6.45, 7) is 1.47. The molecule has 0 aliphatic heterocycles. The lowest BCUT2D eigenvalue weighted by atomic mass is 10.0. The van der Waals surface area contributed by atoms with Crippen molar-refractivity contribution in [3.8, 4) is 11.1 Å². The quantitative estimate of drug-likeness (QED) is 0.478. The van der Waals surface area contributed by atoms with Gasteiger partial charge in [-0.1, -0.05) is 36.4 Å². The van der Waals surface area contributed by atoms with Crippen LogP contribution in [0.15, 0.2) is 77.4 Å². The fraction of sp³-hybridized carbons (Fsp3) is 0.0417.